The number of nitrogens with zero attached hydrogens (tertiary/aromatic N) is 2. The van der Waals surface area contributed by atoms with Crippen molar-refractivity contribution in [2.45, 2.75) is 25.2 Å². The van der Waals surface area contributed by atoms with Crippen molar-refractivity contribution < 1.29 is 9.72 Å². The molecule has 0 fully saturated rings. The van der Waals surface area contributed by atoms with Crippen LogP contribution >= 0.6 is 11.8 Å². The normalized spacial score (nSPS) is 10.2. The third-order valence-corrected chi connectivity index (χ3v) is 2.77. The Hall–Kier alpha value is -1.43. The van der Waals surface area contributed by atoms with Crippen LogP contribution in [0.25, 0.3) is 0 Å². The first kappa shape index (κ1) is 12.6. The van der Waals surface area contributed by atoms with Crippen molar-refractivity contribution in [2.75, 3.05) is 6.26 Å². The molecule has 86 valence electrons. The lowest BCUT2D eigenvalue weighted by molar-refractivity contribution is -0.388. The molecule has 5 nitrogen and oxygen atoms in total. The highest BCUT2D eigenvalue weighted by atomic mass is 32.2. The van der Waals surface area contributed by atoms with Gasteiger partial charge in [0.05, 0.1) is 9.82 Å². The average molecular weight is 240 g/mol. The summed E-state index contributed by atoms with van der Waals surface area (Å²) in [5, 5.41) is 10.8. The van der Waals surface area contributed by atoms with Crippen molar-refractivity contribution in [1.29, 1.82) is 0 Å². The van der Waals surface area contributed by atoms with Gasteiger partial charge in [0.2, 0.25) is 0 Å². The molecule has 6 heteroatoms. The molecule has 0 aliphatic carbocycles. The maximum atomic E-state index is 11.0. The van der Waals surface area contributed by atoms with Gasteiger partial charge >= 0.3 is 5.69 Å². The number of Topliss-reactive ketones (excluding diaryl/α,β-unsaturated/α-hetero) is 1. The first-order chi connectivity index (χ1) is 7.45. The van der Waals surface area contributed by atoms with Crippen LogP contribution in [0.1, 0.15) is 18.3 Å². The molecule has 0 N–H and O–H groups in total. The topological polar surface area (TPSA) is 73.1 Å². The lowest BCUT2D eigenvalue weighted by Gasteiger charge is -2.05. The predicted molar refractivity (Wildman–Crippen MR) is 61.8 cm³/mol. The Labute approximate surface area is 97.4 Å². The monoisotopic (exact) mass is 240 g/mol. The van der Waals surface area contributed by atoms with E-state index < -0.39 is 4.92 Å². The average Bonchev–Trinajstić information content (AvgIpc) is 2.14. The van der Waals surface area contributed by atoms with Gasteiger partial charge in [0.15, 0.2) is 0 Å². The van der Waals surface area contributed by atoms with Crippen molar-refractivity contribution in [3.8, 4) is 0 Å². The molecule has 1 aromatic heterocycles. The smallest absolute Gasteiger partial charge is 0.300 e. The summed E-state index contributed by atoms with van der Waals surface area (Å²) in [4.78, 5) is 26.0. The minimum atomic E-state index is -0.439. The van der Waals surface area contributed by atoms with Gasteiger partial charge in [-0.15, -0.1) is 11.8 Å². The van der Waals surface area contributed by atoms with Crippen LogP contribution in [0.4, 0.5) is 5.69 Å². The third-order valence-electron chi connectivity index (χ3n) is 2.02. The van der Waals surface area contributed by atoms with Gasteiger partial charge in [-0.25, -0.2) is 0 Å². The van der Waals surface area contributed by atoms with Crippen molar-refractivity contribution in [3.05, 3.63) is 27.6 Å². The van der Waals surface area contributed by atoms with Gasteiger partial charge in [-0.1, -0.05) is 0 Å². The first-order valence-electron chi connectivity index (χ1n) is 4.64. The second kappa shape index (κ2) is 5.07. The maximum Gasteiger partial charge on any atom is 0.303 e. The van der Waals surface area contributed by atoms with Gasteiger partial charge in [0.25, 0.3) is 0 Å². The number of nitro groups is 1. The van der Waals surface area contributed by atoms with Gasteiger partial charge in [0, 0.05) is 12.1 Å². The minimum absolute atomic E-state index is 0.00666. The van der Waals surface area contributed by atoms with Gasteiger partial charge in [-0.05, 0) is 26.2 Å². The molecular weight excluding hydrogens is 228 g/mol. The summed E-state index contributed by atoms with van der Waals surface area (Å²) in [6, 6.07) is 1.61. The van der Waals surface area contributed by atoms with E-state index >= 15 is 0 Å². The zero-order valence-electron chi connectivity index (χ0n) is 9.31. The Morgan fingerprint density at radius 3 is 2.69 bits per heavy atom. The highest BCUT2D eigenvalue weighted by Crippen LogP contribution is 2.30. The second-order valence-corrected chi connectivity index (χ2v) is 4.23. The molecular formula is C10H12N2O3S. The van der Waals surface area contributed by atoms with E-state index in [0.29, 0.717) is 16.3 Å². The molecule has 0 amide bonds. The largest absolute Gasteiger partial charge is 0.303 e. The Balaban J connectivity index is 3.26. The summed E-state index contributed by atoms with van der Waals surface area (Å²) in [6.45, 7) is 3.05. The van der Waals surface area contributed by atoms with E-state index in [2.05, 4.69) is 4.98 Å². The Bertz CT molecular complexity index is 446. The fourth-order valence-corrected chi connectivity index (χ4v) is 2.09. The number of hydrogen-bond donors (Lipinski definition) is 0. The second-order valence-electron chi connectivity index (χ2n) is 3.39. The highest BCUT2D eigenvalue weighted by Gasteiger charge is 2.19. The SMILES string of the molecule is CSc1cc(CC(C)=O)nc(C)c1[N+](=O)[O-]. The van der Waals surface area contributed by atoms with Gasteiger partial charge in [-0.3, -0.25) is 19.9 Å². The van der Waals surface area contributed by atoms with Crippen molar-refractivity contribution in [3.63, 3.8) is 0 Å². The van der Waals surface area contributed by atoms with Crippen LogP contribution in [0.3, 0.4) is 0 Å². The number of pyridine rings is 1. The van der Waals surface area contributed by atoms with E-state index in [-0.39, 0.29) is 17.9 Å². The Morgan fingerprint density at radius 2 is 2.25 bits per heavy atom. The van der Waals surface area contributed by atoms with Crippen LogP contribution in [0.5, 0.6) is 0 Å². The molecule has 16 heavy (non-hydrogen) atoms. The zero-order valence-corrected chi connectivity index (χ0v) is 10.1. The van der Waals surface area contributed by atoms with E-state index in [1.54, 1.807) is 19.2 Å². The number of aryl methyl sites for hydroxylation is 1. The molecule has 1 rings (SSSR count). The van der Waals surface area contributed by atoms with Crippen LogP contribution in [-0.4, -0.2) is 21.9 Å². The molecule has 0 aromatic carbocycles. The highest BCUT2D eigenvalue weighted by molar-refractivity contribution is 7.98. The fraction of sp³-hybridized carbons (Fsp3) is 0.400. The fourth-order valence-electron chi connectivity index (χ4n) is 1.42. The lowest BCUT2D eigenvalue weighted by atomic mass is 10.2. The number of carbonyl (C=O) groups is 1. The number of aromatic nitrogens is 1. The number of carbonyl (C=O) groups excluding carboxylic acids is 1. The number of rotatable bonds is 4. The maximum absolute atomic E-state index is 11.0. The summed E-state index contributed by atoms with van der Waals surface area (Å²) < 4.78 is 0. The number of thioether (sulfide) groups is 1. The van der Waals surface area contributed by atoms with Gasteiger partial charge in [-0.2, -0.15) is 0 Å². The number of ketones is 1. The molecule has 0 aliphatic rings. The van der Waals surface area contributed by atoms with Crippen LogP contribution in [-0.2, 0) is 11.2 Å². The summed E-state index contributed by atoms with van der Waals surface area (Å²) in [6.07, 6.45) is 1.98. The first-order valence-corrected chi connectivity index (χ1v) is 5.86. The molecule has 0 spiro atoms. The molecule has 0 saturated carbocycles. The van der Waals surface area contributed by atoms with Crippen LogP contribution in [0.15, 0.2) is 11.0 Å². The third kappa shape index (κ3) is 2.79. The quantitative estimate of drug-likeness (QED) is 0.458. The number of hydrogen-bond acceptors (Lipinski definition) is 5. The molecule has 1 aromatic rings. The van der Waals surface area contributed by atoms with Crippen LogP contribution in [0.2, 0.25) is 0 Å². The minimum Gasteiger partial charge on any atom is -0.300 e. The molecule has 0 atom stereocenters. The predicted octanol–water partition coefficient (Wildman–Crippen LogP) is 2.15. The summed E-state index contributed by atoms with van der Waals surface area (Å²) in [5.41, 5.74) is 0.966. The molecule has 0 aliphatic heterocycles. The summed E-state index contributed by atoms with van der Waals surface area (Å²) in [7, 11) is 0. The molecule has 0 unspecified atom stereocenters. The van der Waals surface area contributed by atoms with E-state index in [4.69, 9.17) is 0 Å². The summed E-state index contributed by atoms with van der Waals surface area (Å²) >= 11 is 1.29. The van der Waals surface area contributed by atoms with E-state index in [0.717, 1.165) is 0 Å². The van der Waals surface area contributed by atoms with E-state index in [1.807, 2.05) is 0 Å². The lowest BCUT2D eigenvalue weighted by Crippen LogP contribution is -2.04. The van der Waals surface area contributed by atoms with Gasteiger partial charge < -0.3 is 0 Å². The Morgan fingerprint density at radius 1 is 1.62 bits per heavy atom. The van der Waals surface area contributed by atoms with Crippen molar-refractivity contribution in [2.24, 2.45) is 0 Å². The van der Waals surface area contributed by atoms with E-state index in [1.165, 1.54) is 18.7 Å². The Kier molecular flexibility index (Phi) is 4.00. The zero-order chi connectivity index (χ0) is 12.3. The molecule has 0 radical (unpaired) electrons. The summed E-state index contributed by atoms with van der Waals surface area (Å²) in [5.74, 6) is -0.00666. The van der Waals surface area contributed by atoms with Crippen LogP contribution in [0, 0.1) is 17.0 Å². The molecule has 0 saturated heterocycles. The van der Waals surface area contributed by atoms with Crippen molar-refractivity contribution in [1.82, 2.24) is 4.98 Å². The molecule has 1 heterocycles. The van der Waals surface area contributed by atoms with Gasteiger partial charge in [0.1, 0.15) is 11.5 Å². The van der Waals surface area contributed by atoms with Crippen molar-refractivity contribution >= 4 is 23.2 Å². The van der Waals surface area contributed by atoms with Crippen LogP contribution < -0.4 is 0 Å². The van der Waals surface area contributed by atoms with E-state index in [9.17, 15) is 14.9 Å². The molecule has 0 bridgehead atoms. The standard InChI is InChI=1S/C10H12N2O3S/c1-6(13)4-8-5-9(16-3)10(12(14)15)7(2)11-8/h5H,4H2,1-3H3.